The Morgan fingerprint density at radius 2 is 2.18 bits per heavy atom. The fraction of sp³-hybridized carbons (Fsp3) is 0.350. The smallest absolute Gasteiger partial charge is 0.321 e. The maximum absolute atomic E-state index is 12.6. The van der Waals surface area contributed by atoms with E-state index in [1.807, 2.05) is 42.1 Å². The van der Waals surface area contributed by atoms with E-state index >= 15 is 0 Å². The normalized spacial score (nSPS) is 16.1. The lowest BCUT2D eigenvalue weighted by molar-refractivity contribution is 0.0600. The Kier molecular flexibility index (Phi) is 5.12. The van der Waals surface area contributed by atoms with Crippen LogP contribution in [0.2, 0.25) is 0 Å². The van der Waals surface area contributed by atoms with Crippen molar-refractivity contribution in [3.63, 3.8) is 0 Å². The van der Waals surface area contributed by atoms with Gasteiger partial charge in [0.1, 0.15) is 11.9 Å². The molecule has 1 aromatic carbocycles. The first-order valence-corrected chi connectivity index (χ1v) is 9.42. The second kappa shape index (κ2) is 7.85. The zero-order valence-corrected chi connectivity index (χ0v) is 15.7. The molecule has 1 atom stereocenters. The van der Waals surface area contributed by atoms with Crippen molar-refractivity contribution in [2.24, 2.45) is 13.0 Å². The molecular formula is C20H24N6O2. The number of hydrogen-bond acceptors (Lipinski definition) is 4. The van der Waals surface area contributed by atoms with E-state index < -0.39 is 6.10 Å². The molecule has 8 nitrogen and oxygen atoms in total. The van der Waals surface area contributed by atoms with Crippen LogP contribution in [0.25, 0.3) is 11.3 Å². The number of aliphatic hydroxyl groups excluding tert-OH is 1. The lowest BCUT2D eigenvalue weighted by Crippen LogP contribution is -2.42. The van der Waals surface area contributed by atoms with E-state index in [2.05, 4.69) is 20.3 Å². The number of imidazole rings is 2. The molecule has 2 aromatic heterocycles. The summed E-state index contributed by atoms with van der Waals surface area (Å²) in [5.74, 6) is 0.785. The second-order valence-electron chi connectivity index (χ2n) is 7.14. The van der Waals surface area contributed by atoms with Gasteiger partial charge in [-0.15, -0.1) is 0 Å². The largest absolute Gasteiger partial charge is 0.385 e. The summed E-state index contributed by atoms with van der Waals surface area (Å²) in [4.78, 5) is 25.8. The predicted octanol–water partition coefficient (Wildman–Crippen LogP) is 2.79. The highest BCUT2D eigenvalue weighted by molar-refractivity contribution is 5.90. The molecule has 3 heterocycles. The molecule has 0 spiro atoms. The Hall–Kier alpha value is -3.13. The van der Waals surface area contributed by atoms with Crippen LogP contribution in [0.15, 0.2) is 49.2 Å². The number of anilines is 1. The molecule has 4 rings (SSSR count). The number of likely N-dealkylation sites (tertiary alicyclic amines) is 1. The highest BCUT2D eigenvalue weighted by atomic mass is 16.3. The standard InChI is InChI=1S/C20H24N6O2/c1-25-10-7-22-19(25)18(27)14-5-8-26(9-6-14)20(28)24-16-4-2-3-15(11-16)17-12-21-13-23-17/h2-4,7,10-14,18,27H,5-6,8-9H2,1H3,(H,21,23)(H,24,28)/t18-/m1/s1. The minimum absolute atomic E-state index is 0.105. The number of aromatic nitrogens is 4. The summed E-state index contributed by atoms with van der Waals surface area (Å²) in [6.07, 6.45) is 7.79. The quantitative estimate of drug-likeness (QED) is 0.648. The molecule has 0 radical (unpaired) electrons. The average Bonchev–Trinajstić information content (AvgIpc) is 3.40. The van der Waals surface area contributed by atoms with Gasteiger partial charge in [-0.2, -0.15) is 0 Å². The number of H-pyrrole nitrogens is 1. The molecule has 0 bridgehead atoms. The van der Waals surface area contributed by atoms with Gasteiger partial charge in [0.2, 0.25) is 0 Å². The lowest BCUT2D eigenvalue weighted by atomic mass is 9.91. The molecule has 2 amide bonds. The van der Waals surface area contributed by atoms with Crippen molar-refractivity contribution in [3.05, 3.63) is 55.0 Å². The van der Waals surface area contributed by atoms with Gasteiger partial charge >= 0.3 is 6.03 Å². The van der Waals surface area contributed by atoms with Gasteiger partial charge in [0, 0.05) is 43.8 Å². The van der Waals surface area contributed by atoms with Gasteiger partial charge in [0.15, 0.2) is 0 Å². The van der Waals surface area contributed by atoms with Crippen LogP contribution >= 0.6 is 0 Å². The van der Waals surface area contributed by atoms with E-state index in [1.165, 1.54) is 0 Å². The third kappa shape index (κ3) is 3.77. The topological polar surface area (TPSA) is 99.1 Å². The molecule has 0 unspecified atom stereocenters. The Labute approximate surface area is 163 Å². The number of benzene rings is 1. The summed E-state index contributed by atoms with van der Waals surface area (Å²) < 4.78 is 1.84. The number of urea groups is 1. The molecule has 0 saturated carbocycles. The van der Waals surface area contributed by atoms with Gasteiger partial charge in [0.25, 0.3) is 0 Å². The van der Waals surface area contributed by atoms with E-state index in [4.69, 9.17) is 0 Å². The number of aliphatic hydroxyl groups is 1. The lowest BCUT2D eigenvalue weighted by Gasteiger charge is -2.34. The van der Waals surface area contributed by atoms with Gasteiger partial charge in [-0.25, -0.2) is 14.8 Å². The first kappa shape index (κ1) is 18.2. The zero-order chi connectivity index (χ0) is 19.5. The SMILES string of the molecule is Cn1ccnc1[C@H](O)C1CCN(C(=O)Nc2cccc(-c3cnc[nH]3)c2)CC1. The number of rotatable bonds is 4. The molecule has 3 N–H and O–H groups in total. The summed E-state index contributed by atoms with van der Waals surface area (Å²) in [6.45, 7) is 1.22. The van der Waals surface area contributed by atoms with E-state index in [1.54, 1.807) is 23.6 Å². The number of amides is 2. The fourth-order valence-electron chi connectivity index (χ4n) is 3.67. The Balaban J connectivity index is 1.34. The Bertz CT molecular complexity index is 928. The maximum atomic E-state index is 12.6. The number of aromatic amines is 1. The third-order valence-corrected chi connectivity index (χ3v) is 5.32. The number of hydrogen-bond donors (Lipinski definition) is 3. The van der Waals surface area contributed by atoms with Crippen LogP contribution in [0.1, 0.15) is 24.8 Å². The molecule has 28 heavy (non-hydrogen) atoms. The van der Waals surface area contributed by atoms with Gasteiger partial charge < -0.3 is 24.9 Å². The molecule has 0 aliphatic carbocycles. The van der Waals surface area contributed by atoms with Crippen LogP contribution < -0.4 is 5.32 Å². The van der Waals surface area contributed by atoms with Crippen molar-refractivity contribution in [1.29, 1.82) is 0 Å². The van der Waals surface area contributed by atoms with E-state index in [0.29, 0.717) is 18.9 Å². The monoisotopic (exact) mass is 380 g/mol. The minimum atomic E-state index is -0.601. The zero-order valence-electron chi connectivity index (χ0n) is 15.7. The van der Waals surface area contributed by atoms with Crippen molar-refractivity contribution in [3.8, 4) is 11.3 Å². The Morgan fingerprint density at radius 3 is 2.86 bits per heavy atom. The van der Waals surface area contributed by atoms with Crippen LogP contribution in [-0.2, 0) is 7.05 Å². The van der Waals surface area contributed by atoms with E-state index in [-0.39, 0.29) is 11.9 Å². The summed E-state index contributed by atoms with van der Waals surface area (Å²) in [6, 6.07) is 7.54. The third-order valence-electron chi connectivity index (χ3n) is 5.32. The highest BCUT2D eigenvalue weighted by Crippen LogP contribution is 2.30. The first-order valence-electron chi connectivity index (χ1n) is 9.42. The van der Waals surface area contributed by atoms with Crippen molar-refractivity contribution in [2.45, 2.75) is 18.9 Å². The number of carbonyl (C=O) groups excluding carboxylic acids is 1. The van der Waals surface area contributed by atoms with E-state index in [9.17, 15) is 9.90 Å². The second-order valence-corrected chi connectivity index (χ2v) is 7.14. The van der Waals surface area contributed by atoms with E-state index in [0.717, 1.165) is 29.8 Å². The first-order chi connectivity index (χ1) is 13.6. The van der Waals surface area contributed by atoms with Crippen molar-refractivity contribution >= 4 is 11.7 Å². The number of nitrogens with one attached hydrogen (secondary N) is 2. The minimum Gasteiger partial charge on any atom is -0.385 e. The molecule has 1 saturated heterocycles. The summed E-state index contributed by atoms with van der Waals surface area (Å²) >= 11 is 0. The van der Waals surface area contributed by atoms with Gasteiger partial charge in [-0.1, -0.05) is 12.1 Å². The Morgan fingerprint density at radius 1 is 1.36 bits per heavy atom. The number of piperidine rings is 1. The molecular weight excluding hydrogens is 356 g/mol. The predicted molar refractivity (Wildman–Crippen MR) is 106 cm³/mol. The van der Waals surface area contributed by atoms with Gasteiger partial charge in [-0.05, 0) is 30.9 Å². The van der Waals surface area contributed by atoms with Crippen molar-refractivity contribution < 1.29 is 9.90 Å². The van der Waals surface area contributed by atoms with Crippen LogP contribution in [0.3, 0.4) is 0 Å². The van der Waals surface area contributed by atoms with Crippen molar-refractivity contribution in [2.75, 3.05) is 18.4 Å². The van der Waals surface area contributed by atoms with Crippen LogP contribution in [0.4, 0.5) is 10.5 Å². The fourth-order valence-corrected chi connectivity index (χ4v) is 3.67. The van der Waals surface area contributed by atoms with Crippen molar-refractivity contribution in [1.82, 2.24) is 24.4 Å². The maximum Gasteiger partial charge on any atom is 0.321 e. The molecule has 1 aliphatic rings. The molecule has 1 fully saturated rings. The van der Waals surface area contributed by atoms with Crippen LogP contribution in [0.5, 0.6) is 0 Å². The highest BCUT2D eigenvalue weighted by Gasteiger charge is 2.30. The molecule has 8 heteroatoms. The van der Waals surface area contributed by atoms with Gasteiger partial charge in [0.05, 0.1) is 18.2 Å². The molecule has 1 aliphatic heterocycles. The average molecular weight is 380 g/mol. The van der Waals surface area contributed by atoms with Crippen LogP contribution in [0, 0.1) is 5.92 Å². The number of aryl methyl sites for hydroxylation is 1. The summed E-state index contributed by atoms with van der Waals surface area (Å²) in [5.41, 5.74) is 2.61. The molecule has 3 aromatic rings. The summed E-state index contributed by atoms with van der Waals surface area (Å²) in [7, 11) is 1.88. The number of carbonyl (C=O) groups is 1. The molecule has 146 valence electrons. The van der Waals surface area contributed by atoms with Crippen LogP contribution in [-0.4, -0.2) is 48.6 Å². The van der Waals surface area contributed by atoms with Gasteiger partial charge in [-0.3, -0.25) is 0 Å². The number of nitrogens with zero attached hydrogens (tertiary/aromatic N) is 4. The summed E-state index contributed by atoms with van der Waals surface area (Å²) in [5, 5.41) is 13.6.